The molecule has 3 heterocycles. The van der Waals surface area contributed by atoms with Gasteiger partial charge in [-0.05, 0) is 105 Å². The average molecular weight is 752 g/mol. The minimum atomic E-state index is -0.0479. The number of para-hydroxylation sites is 4. The summed E-state index contributed by atoms with van der Waals surface area (Å²) >= 11 is 0. The highest BCUT2D eigenvalue weighted by atomic mass is 15.4. The fraction of sp³-hybridized carbons (Fsp3) is 0.113. The monoisotopic (exact) mass is 751 g/mol. The van der Waals surface area contributed by atoms with Crippen molar-refractivity contribution in [2.45, 2.75) is 33.2 Å². The molecule has 1 aliphatic rings. The largest absolute Gasteiger partial charge is 0.347 e. The SMILES string of the molecule is Cc1ccnc(-n2c3ccccc3c3ccc(N(c4cccc(N5CN(C(C)(C)C)c6ccccc65)c4)c4c(-c5ccccc5)cccc4-c4ccccc4)cc32)c1. The van der Waals surface area contributed by atoms with Crippen molar-refractivity contribution in [1.29, 1.82) is 0 Å². The third-order valence-corrected chi connectivity index (χ3v) is 11.4. The fourth-order valence-corrected chi connectivity index (χ4v) is 8.69. The predicted octanol–water partition coefficient (Wildman–Crippen LogP) is 14.0. The summed E-state index contributed by atoms with van der Waals surface area (Å²) in [7, 11) is 0. The molecule has 5 nitrogen and oxygen atoms in total. The summed E-state index contributed by atoms with van der Waals surface area (Å²) in [5.41, 5.74) is 14.8. The van der Waals surface area contributed by atoms with E-state index < -0.39 is 0 Å². The topological polar surface area (TPSA) is 27.5 Å². The molecule has 0 radical (unpaired) electrons. The number of rotatable bonds is 7. The molecule has 0 aliphatic carbocycles. The second kappa shape index (κ2) is 14.1. The van der Waals surface area contributed by atoms with E-state index in [0.29, 0.717) is 0 Å². The maximum Gasteiger partial charge on any atom is 0.137 e. The number of aromatic nitrogens is 2. The van der Waals surface area contributed by atoms with Crippen LogP contribution in [-0.2, 0) is 0 Å². The molecule has 0 bridgehead atoms. The highest BCUT2D eigenvalue weighted by Crippen LogP contribution is 2.50. The van der Waals surface area contributed by atoms with E-state index in [1.807, 2.05) is 6.20 Å². The lowest BCUT2D eigenvalue weighted by Gasteiger charge is -2.34. The van der Waals surface area contributed by atoms with Crippen LogP contribution in [0.3, 0.4) is 0 Å². The molecule has 0 spiro atoms. The zero-order chi connectivity index (χ0) is 39.4. The molecule has 0 amide bonds. The standard InChI is InChI=1S/C53H45N5/c1-37-31-32-54-51(33-37)58-47-26-12-11-23-45(47)46-30-29-42(35-50(46)58)57(52-43(38-17-7-5-8-18-38)24-16-25-44(52)39-19-9-6-10-20-39)41-22-15-21-40(34-41)55-36-56(53(2,3)4)49-28-14-13-27-48(49)55/h5-35H,36H2,1-4H3. The molecule has 282 valence electrons. The Balaban J connectivity index is 1.26. The smallest absolute Gasteiger partial charge is 0.137 e. The molecule has 0 atom stereocenters. The maximum atomic E-state index is 4.92. The summed E-state index contributed by atoms with van der Waals surface area (Å²) in [4.78, 5) is 12.3. The van der Waals surface area contributed by atoms with Crippen LogP contribution >= 0.6 is 0 Å². The molecule has 9 aromatic rings. The second-order valence-electron chi connectivity index (χ2n) is 16.2. The molecule has 1 aliphatic heterocycles. The van der Waals surface area contributed by atoms with Gasteiger partial charge in [0, 0.05) is 50.7 Å². The molecule has 0 unspecified atom stereocenters. The van der Waals surface area contributed by atoms with Crippen LogP contribution in [0.5, 0.6) is 0 Å². The Hall–Kier alpha value is -7.11. The molecular formula is C53H45N5. The number of hydrogen-bond donors (Lipinski definition) is 0. The Labute approximate surface area is 340 Å². The van der Waals surface area contributed by atoms with Gasteiger partial charge in [-0.15, -0.1) is 0 Å². The van der Waals surface area contributed by atoms with E-state index in [9.17, 15) is 0 Å². The summed E-state index contributed by atoms with van der Waals surface area (Å²) in [6.45, 7) is 9.76. The van der Waals surface area contributed by atoms with Crippen LogP contribution in [0.1, 0.15) is 26.3 Å². The number of anilines is 6. The van der Waals surface area contributed by atoms with Crippen LogP contribution in [0.15, 0.2) is 188 Å². The third kappa shape index (κ3) is 6.07. The van der Waals surface area contributed by atoms with Gasteiger partial charge in [-0.25, -0.2) is 4.98 Å². The van der Waals surface area contributed by atoms with Crippen LogP contribution in [-0.4, -0.2) is 21.8 Å². The Morgan fingerprint density at radius 1 is 0.534 bits per heavy atom. The van der Waals surface area contributed by atoms with Gasteiger partial charge in [0.05, 0.1) is 34.8 Å². The lowest BCUT2D eigenvalue weighted by molar-refractivity contribution is 0.518. The molecule has 7 aromatic carbocycles. The van der Waals surface area contributed by atoms with Crippen LogP contribution in [0, 0.1) is 6.92 Å². The summed E-state index contributed by atoms with van der Waals surface area (Å²) in [6, 6.07) is 66.0. The first-order valence-corrected chi connectivity index (χ1v) is 20.1. The van der Waals surface area contributed by atoms with Crippen molar-refractivity contribution in [3.8, 4) is 28.1 Å². The summed E-state index contributed by atoms with van der Waals surface area (Å²) < 4.78 is 2.32. The predicted molar refractivity (Wildman–Crippen MR) is 245 cm³/mol. The van der Waals surface area contributed by atoms with E-state index in [2.05, 4.69) is 229 Å². The minimum Gasteiger partial charge on any atom is -0.347 e. The average Bonchev–Trinajstić information content (AvgIpc) is 3.81. The van der Waals surface area contributed by atoms with Crippen LogP contribution < -0.4 is 14.7 Å². The normalized spacial score (nSPS) is 12.7. The van der Waals surface area contributed by atoms with Gasteiger partial charge in [-0.3, -0.25) is 4.57 Å². The van der Waals surface area contributed by atoms with E-state index in [0.717, 1.165) is 68.5 Å². The van der Waals surface area contributed by atoms with E-state index in [-0.39, 0.29) is 5.54 Å². The van der Waals surface area contributed by atoms with Crippen molar-refractivity contribution in [2.24, 2.45) is 0 Å². The van der Waals surface area contributed by atoms with Gasteiger partial charge >= 0.3 is 0 Å². The summed E-state index contributed by atoms with van der Waals surface area (Å²) in [5.74, 6) is 0.905. The Morgan fingerprint density at radius 2 is 1.16 bits per heavy atom. The lowest BCUT2D eigenvalue weighted by atomic mass is 9.94. The van der Waals surface area contributed by atoms with E-state index >= 15 is 0 Å². The van der Waals surface area contributed by atoms with Gasteiger partial charge in [0.25, 0.3) is 0 Å². The first-order chi connectivity index (χ1) is 28.3. The van der Waals surface area contributed by atoms with Gasteiger partial charge in [-0.2, -0.15) is 0 Å². The fourth-order valence-electron chi connectivity index (χ4n) is 8.69. The minimum absolute atomic E-state index is 0.0479. The Morgan fingerprint density at radius 3 is 1.86 bits per heavy atom. The van der Waals surface area contributed by atoms with Gasteiger partial charge in [-0.1, -0.05) is 121 Å². The van der Waals surface area contributed by atoms with Gasteiger partial charge < -0.3 is 14.7 Å². The Bertz CT molecular complexity index is 2880. The first kappa shape index (κ1) is 35.3. The summed E-state index contributed by atoms with van der Waals surface area (Å²) in [6.07, 6.45) is 1.91. The van der Waals surface area contributed by atoms with Crippen molar-refractivity contribution in [3.05, 3.63) is 194 Å². The third-order valence-electron chi connectivity index (χ3n) is 11.4. The van der Waals surface area contributed by atoms with Crippen LogP contribution in [0.25, 0.3) is 49.9 Å². The Kier molecular flexibility index (Phi) is 8.60. The van der Waals surface area contributed by atoms with Crippen molar-refractivity contribution in [1.82, 2.24) is 9.55 Å². The number of benzene rings is 7. The van der Waals surface area contributed by atoms with Crippen molar-refractivity contribution >= 4 is 55.9 Å². The van der Waals surface area contributed by atoms with E-state index in [4.69, 9.17) is 4.98 Å². The van der Waals surface area contributed by atoms with Gasteiger partial charge in [0.15, 0.2) is 0 Å². The number of aryl methyl sites for hydroxylation is 1. The zero-order valence-electron chi connectivity index (χ0n) is 33.3. The van der Waals surface area contributed by atoms with Crippen LogP contribution in [0.4, 0.5) is 34.1 Å². The van der Waals surface area contributed by atoms with Crippen molar-refractivity contribution in [2.75, 3.05) is 21.4 Å². The van der Waals surface area contributed by atoms with Crippen molar-refractivity contribution in [3.63, 3.8) is 0 Å². The highest BCUT2D eigenvalue weighted by molar-refractivity contribution is 6.11. The number of fused-ring (bicyclic) bond motifs is 4. The lowest BCUT2D eigenvalue weighted by Crippen LogP contribution is -2.42. The number of nitrogens with zero attached hydrogens (tertiary/aromatic N) is 5. The molecule has 58 heavy (non-hydrogen) atoms. The second-order valence-corrected chi connectivity index (χ2v) is 16.2. The summed E-state index contributed by atoms with van der Waals surface area (Å²) in [5, 5.41) is 2.39. The van der Waals surface area contributed by atoms with E-state index in [1.165, 1.54) is 27.7 Å². The quantitative estimate of drug-likeness (QED) is 0.162. The molecular weight excluding hydrogens is 707 g/mol. The van der Waals surface area contributed by atoms with E-state index in [1.54, 1.807) is 0 Å². The van der Waals surface area contributed by atoms with Crippen molar-refractivity contribution < 1.29 is 0 Å². The zero-order valence-corrected chi connectivity index (χ0v) is 33.3. The number of hydrogen-bond acceptors (Lipinski definition) is 4. The maximum absolute atomic E-state index is 4.92. The van der Waals surface area contributed by atoms with Gasteiger partial charge in [0.1, 0.15) is 5.82 Å². The van der Waals surface area contributed by atoms with Gasteiger partial charge in [0.2, 0.25) is 0 Å². The molecule has 0 saturated carbocycles. The molecule has 10 rings (SSSR count). The molecule has 0 N–H and O–H groups in total. The highest BCUT2D eigenvalue weighted by Gasteiger charge is 2.34. The number of pyridine rings is 1. The molecule has 2 aromatic heterocycles. The molecule has 0 saturated heterocycles. The molecule has 0 fully saturated rings. The van der Waals surface area contributed by atoms with Crippen LogP contribution in [0.2, 0.25) is 0 Å². The molecule has 5 heteroatoms. The first-order valence-electron chi connectivity index (χ1n) is 20.1.